The summed E-state index contributed by atoms with van der Waals surface area (Å²) in [5.74, 6) is 0.591. The van der Waals surface area contributed by atoms with Gasteiger partial charge in [-0.3, -0.25) is 14.5 Å². The molecule has 19 heavy (non-hydrogen) atoms. The van der Waals surface area contributed by atoms with E-state index in [1.54, 1.807) is 0 Å². The molecule has 2 heterocycles. The van der Waals surface area contributed by atoms with Crippen LogP contribution in [0.4, 0.5) is 0 Å². The third-order valence-corrected chi connectivity index (χ3v) is 4.25. The van der Waals surface area contributed by atoms with Crippen molar-refractivity contribution in [1.82, 2.24) is 9.80 Å². The zero-order valence-electron chi connectivity index (χ0n) is 12.0. The van der Waals surface area contributed by atoms with Crippen LogP contribution < -0.4 is 5.73 Å². The minimum Gasteiger partial charge on any atom is -0.369 e. The fourth-order valence-electron chi connectivity index (χ4n) is 2.92. The summed E-state index contributed by atoms with van der Waals surface area (Å²) >= 11 is 0. The molecule has 0 atom stereocenters. The van der Waals surface area contributed by atoms with Crippen LogP contribution in [0.5, 0.6) is 0 Å². The van der Waals surface area contributed by atoms with Crippen molar-refractivity contribution in [3.8, 4) is 0 Å². The number of primary amides is 1. The Bertz CT molecular complexity index is 343. The maximum Gasteiger partial charge on any atom is 0.222 e. The molecule has 2 amide bonds. The summed E-state index contributed by atoms with van der Waals surface area (Å²) in [6, 6.07) is 0.491. The lowest BCUT2D eigenvalue weighted by atomic mass is 9.93. The number of nitrogens with zero attached hydrogens (tertiary/aromatic N) is 2. The predicted molar refractivity (Wildman–Crippen MR) is 73.3 cm³/mol. The van der Waals surface area contributed by atoms with E-state index >= 15 is 0 Å². The largest absolute Gasteiger partial charge is 0.369 e. The molecule has 0 bridgehead atoms. The molecule has 0 unspecified atom stereocenters. The molecular weight excluding hydrogens is 242 g/mol. The Morgan fingerprint density at radius 3 is 2.26 bits per heavy atom. The third kappa shape index (κ3) is 3.47. The predicted octanol–water partition coefficient (Wildman–Crippen LogP) is 0.441. The van der Waals surface area contributed by atoms with Gasteiger partial charge in [0, 0.05) is 31.5 Å². The van der Waals surface area contributed by atoms with Gasteiger partial charge in [0.05, 0.1) is 0 Å². The molecule has 2 aliphatic heterocycles. The summed E-state index contributed by atoms with van der Waals surface area (Å²) in [5.41, 5.74) is 5.33. The van der Waals surface area contributed by atoms with Crippen LogP contribution in [-0.2, 0) is 9.59 Å². The number of likely N-dealkylation sites (tertiary alicyclic amines) is 2. The van der Waals surface area contributed by atoms with Crippen molar-refractivity contribution in [2.24, 2.45) is 17.6 Å². The summed E-state index contributed by atoms with van der Waals surface area (Å²) in [6.07, 6.45) is 2.38. The monoisotopic (exact) mass is 267 g/mol. The molecule has 2 aliphatic rings. The van der Waals surface area contributed by atoms with Crippen LogP contribution in [-0.4, -0.2) is 53.8 Å². The number of piperidine rings is 1. The van der Waals surface area contributed by atoms with Crippen LogP contribution in [0.3, 0.4) is 0 Å². The van der Waals surface area contributed by atoms with Gasteiger partial charge in [-0.15, -0.1) is 0 Å². The minimum atomic E-state index is -0.165. The summed E-state index contributed by atoms with van der Waals surface area (Å²) in [6.45, 7) is 7.72. The van der Waals surface area contributed by atoms with Gasteiger partial charge in [0.2, 0.25) is 11.8 Å². The Balaban J connectivity index is 1.70. The molecule has 2 saturated heterocycles. The number of hydrogen-bond donors (Lipinski definition) is 1. The van der Waals surface area contributed by atoms with E-state index in [0.29, 0.717) is 18.4 Å². The lowest BCUT2D eigenvalue weighted by Crippen LogP contribution is -2.62. The molecule has 0 aromatic rings. The first-order valence-corrected chi connectivity index (χ1v) is 7.28. The van der Waals surface area contributed by atoms with Gasteiger partial charge in [0.1, 0.15) is 0 Å². The van der Waals surface area contributed by atoms with Crippen molar-refractivity contribution in [3.05, 3.63) is 0 Å². The van der Waals surface area contributed by atoms with E-state index in [9.17, 15) is 9.59 Å². The average molecular weight is 267 g/mol. The number of carbonyl (C=O) groups is 2. The van der Waals surface area contributed by atoms with Crippen LogP contribution in [0.25, 0.3) is 0 Å². The summed E-state index contributed by atoms with van der Waals surface area (Å²) in [4.78, 5) is 27.3. The fraction of sp³-hybridized carbons (Fsp3) is 0.857. The molecule has 108 valence electrons. The number of hydrogen-bond acceptors (Lipinski definition) is 3. The van der Waals surface area contributed by atoms with E-state index in [0.717, 1.165) is 39.0 Å². The van der Waals surface area contributed by atoms with Crippen LogP contribution in [0.15, 0.2) is 0 Å². The zero-order valence-corrected chi connectivity index (χ0v) is 12.0. The number of nitrogens with two attached hydrogens (primary N) is 1. The lowest BCUT2D eigenvalue weighted by Gasteiger charge is -2.47. The topological polar surface area (TPSA) is 66.6 Å². The van der Waals surface area contributed by atoms with Crippen molar-refractivity contribution < 1.29 is 9.59 Å². The average Bonchev–Trinajstić information content (AvgIpc) is 2.26. The molecule has 0 aromatic heterocycles. The zero-order chi connectivity index (χ0) is 14.0. The molecule has 2 rings (SSSR count). The van der Waals surface area contributed by atoms with Crippen molar-refractivity contribution in [2.45, 2.75) is 39.2 Å². The van der Waals surface area contributed by atoms with Crippen LogP contribution in [0.1, 0.15) is 33.1 Å². The maximum absolute atomic E-state index is 11.9. The number of carbonyl (C=O) groups excluding carboxylic acids is 2. The molecule has 0 aromatic carbocycles. The van der Waals surface area contributed by atoms with Crippen molar-refractivity contribution >= 4 is 11.8 Å². The first kappa shape index (κ1) is 14.3. The van der Waals surface area contributed by atoms with Gasteiger partial charge >= 0.3 is 0 Å². The number of rotatable bonds is 4. The Morgan fingerprint density at radius 2 is 1.79 bits per heavy atom. The van der Waals surface area contributed by atoms with Crippen LogP contribution in [0.2, 0.25) is 0 Å². The molecule has 0 saturated carbocycles. The minimum absolute atomic E-state index is 0.0509. The highest BCUT2D eigenvalue weighted by atomic mass is 16.2. The van der Waals surface area contributed by atoms with Gasteiger partial charge in [-0.25, -0.2) is 0 Å². The maximum atomic E-state index is 11.9. The van der Waals surface area contributed by atoms with Gasteiger partial charge < -0.3 is 10.6 Å². The van der Waals surface area contributed by atoms with E-state index in [1.165, 1.54) is 0 Å². The highest BCUT2D eigenvalue weighted by molar-refractivity contribution is 5.77. The van der Waals surface area contributed by atoms with Crippen molar-refractivity contribution in [1.29, 1.82) is 0 Å². The number of amides is 2. The SMILES string of the molecule is CC(C)CC(=O)N1CC(N2CCC(C(N)=O)CC2)C1. The molecular formula is C14H25N3O2. The summed E-state index contributed by atoms with van der Waals surface area (Å²) in [7, 11) is 0. The standard InChI is InChI=1S/C14H25N3O2/c1-10(2)7-13(18)17-8-12(9-17)16-5-3-11(4-6-16)14(15)19/h10-12H,3-9H2,1-2H3,(H2,15,19). The van der Waals surface area contributed by atoms with Gasteiger partial charge in [0.25, 0.3) is 0 Å². The van der Waals surface area contributed by atoms with Gasteiger partial charge in [-0.1, -0.05) is 13.8 Å². The Morgan fingerprint density at radius 1 is 1.21 bits per heavy atom. The normalized spacial score (nSPS) is 22.6. The molecule has 0 radical (unpaired) electrons. The van der Waals surface area contributed by atoms with Crippen molar-refractivity contribution in [3.63, 3.8) is 0 Å². The quantitative estimate of drug-likeness (QED) is 0.804. The Kier molecular flexibility index (Phi) is 4.45. The van der Waals surface area contributed by atoms with Crippen LogP contribution >= 0.6 is 0 Å². The second-order valence-electron chi connectivity index (χ2n) is 6.26. The lowest BCUT2D eigenvalue weighted by molar-refractivity contribution is -0.140. The van der Waals surface area contributed by atoms with E-state index in [1.807, 2.05) is 4.90 Å². The van der Waals surface area contributed by atoms with E-state index in [-0.39, 0.29) is 17.7 Å². The fourth-order valence-corrected chi connectivity index (χ4v) is 2.92. The second kappa shape index (κ2) is 5.90. The van der Waals surface area contributed by atoms with E-state index < -0.39 is 0 Å². The summed E-state index contributed by atoms with van der Waals surface area (Å²) < 4.78 is 0. The van der Waals surface area contributed by atoms with Gasteiger partial charge in [0.15, 0.2) is 0 Å². The second-order valence-corrected chi connectivity index (χ2v) is 6.26. The highest BCUT2D eigenvalue weighted by Crippen LogP contribution is 2.23. The molecule has 0 spiro atoms. The van der Waals surface area contributed by atoms with E-state index in [2.05, 4.69) is 18.7 Å². The molecule has 5 nitrogen and oxygen atoms in total. The van der Waals surface area contributed by atoms with Gasteiger partial charge in [-0.2, -0.15) is 0 Å². The van der Waals surface area contributed by atoms with Crippen molar-refractivity contribution in [2.75, 3.05) is 26.2 Å². The Hall–Kier alpha value is -1.10. The van der Waals surface area contributed by atoms with Gasteiger partial charge in [-0.05, 0) is 31.8 Å². The van der Waals surface area contributed by atoms with Crippen LogP contribution in [0, 0.1) is 11.8 Å². The molecule has 2 fully saturated rings. The molecule has 0 aliphatic carbocycles. The first-order chi connectivity index (χ1) is 8.97. The smallest absolute Gasteiger partial charge is 0.222 e. The van der Waals surface area contributed by atoms with E-state index in [4.69, 9.17) is 5.73 Å². The molecule has 2 N–H and O–H groups in total. The molecule has 5 heteroatoms. The summed E-state index contributed by atoms with van der Waals surface area (Å²) in [5, 5.41) is 0. The Labute approximate surface area is 115 Å². The third-order valence-electron chi connectivity index (χ3n) is 4.25. The highest BCUT2D eigenvalue weighted by Gasteiger charge is 2.36. The first-order valence-electron chi connectivity index (χ1n) is 7.28.